The fourth-order valence-electron chi connectivity index (χ4n) is 0.928. The second-order valence-electron chi connectivity index (χ2n) is 2.47. The molecule has 1 rings (SSSR count). The molecule has 1 aromatic heterocycles. The highest BCUT2D eigenvalue weighted by Gasteiger charge is 1.96. The normalized spacial score (nSPS) is 7.92. The number of aryl methyl sites for hydroxylation is 1. The van der Waals surface area contributed by atoms with Gasteiger partial charge in [-0.2, -0.15) is 0 Å². The van der Waals surface area contributed by atoms with Gasteiger partial charge in [0.25, 0.3) is 0 Å². The van der Waals surface area contributed by atoms with Crippen molar-refractivity contribution in [2.75, 3.05) is 0 Å². The Morgan fingerprint density at radius 1 is 1.08 bits per heavy atom. The first kappa shape index (κ1) is 9.29. The second kappa shape index (κ2) is 4.28. The van der Waals surface area contributed by atoms with Crippen LogP contribution in [0, 0.1) is 30.6 Å². The van der Waals surface area contributed by atoms with Gasteiger partial charge in [-0.3, -0.25) is 0 Å². The molecule has 1 aromatic rings. The van der Waals surface area contributed by atoms with E-state index in [4.69, 9.17) is 0 Å². The number of nitrogens with zero attached hydrogens (tertiary/aromatic N) is 2. The van der Waals surface area contributed by atoms with Crippen molar-refractivity contribution in [2.24, 2.45) is 0 Å². The lowest BCUT2D eigenvalue weighted by molar-refractivity contribution is 1.06. The SMILES string of the molecule is CC#Cc1cc(C)nc(C#CC)n1. The maximum Gasteiger partial charge on any atom is 0.206 e. The predicted molar refractivity (Wildman–Crippen MR) is 51.9 cm³/mol. The minimum Gasteiger partial charge on any atom is -0.226 e. The van der Waals surface area contributed by atoms with Gasteiger partial charge in [0.2, 0.25) is 5.82 Å². The van der Waals surface area contributed by atoms with Crippen molar-refractivity contribution >= 4 is 0 Å². The van der Waals surface area contributed by atoms with Crippen molar-refractivity contribution < 1.29 is 0 Å². The average Bonchev–Trinajstić information content (AvgIpc) is 2.04. The van der Waals surface area contributed by atoms with E-state index in [1.54, 1.807) is 13.8 Å². The minimum atomic E-state index is 0.542. The molecule has 0 aliphatic carbocycles. The van der Waals surface area contributed by atoms with Gasteiger partial charge in [-0.15, -0.1) is 0 Å². The molecule has 0 spiro atoms. The molecule has 0 N–H and O–H groups in total. The first-order chi connectivity index (χ1) is 6.26. The van der Waals surface area contributed by atoms with Gasteiger partial charge in [0.15, 0.2) is 0 Å². The van der Waals surface area contributed by atoms with Crippen LogP contribution in [-0.2, 0) is 0 Å². The summed E-state index contributed by atoms with van der Waals surface area (Å²) in [5.41, 5.74) is 1.62. The second-order valence-corrected chi connectivity index (χ2v) is 2.47. The molecule has 0 amide bonds. The van der Waals surface area contributed by atoms with Crippen molar-refractivity contribution in [2.45, 2.75) is 20.8 Å². The van der Waals surface area contributed by atoms with Gasteiger partial charge >= 0.3 is 0 Å². The summed E-state index contributed by atoms with van der Waals surface area (Å²) in [5, 5.41) is 0. The van der Waals surface area contributed by atoms with Crippen LogP contribution in [0.15, 0.2) is 6.07 Å². The van der Waals surface area contributed by atoms with Crippen LogP contribution in [0.1, 0.15) is 31.1 Å². The third-order valence-electron chi connectivity index (χ3n) is 1.34. The largest absolute Gasteiger partial charge is 0.226 e. The molecule has 0 bridgehead atoms. The topological polar surface area (TPSA) is 25.8 Å². The van der Waals surface area contributed by atoms with E-state index in [9.17, 15) is 0 Å². The molecule has 0 fully saturated rings. The highest BCUT2D eigenvalue weighted by molar-refractivity contribution is 5.32. The van der Waals surface area contributed by atoms with E-state index in [1.165, 1.54) is 0 Å². The van der Waals surface area contributed by atoms with Crippen molar-refractivity contribution in [3.05, 3.63) is 23.3 Å². The number of aromatic nitrogens is 2. The summed E-state index contributed by atoms with van der Waals surface area (Å²) in [7, 11) is 0. The van der Waals surface area contributed by atoms with Crippen LogP contribution >= 0.6 is 0 Å². The van der Waals surface area contributed by atoms with Crippen LogP contribution in [-0.4, -0.2) is 9.97 Å². The summed E-state index contributed by atoms with van der Waals surface area (Å²) < 4.78 is 0. The molecule has 2 heteroatoms. The molecular formula is C11H10N2. The minimum absolute atomic E-state index is 0.542. The van der Waals surface area contributed by atoms with Crippen LogP contribution in [0.5, 0.6) is 0 Å². The summed E-state index contributed by atoms with van der Waals surface area (Å²) >= 11 is 0. The third-order valence-corrected chi connectivity index (χ3v) is 1.34. The van der Waals surface area contributed by atoms with Gasteiger partial charge in [-0.25, -0.2) is 9.97 Å². The number of hydrogen-bond acceptors (Lipinski definition) is 2. The fourth-order valence-corrected chi connectivity index (χ4v) is 0.928. The Kier molecular flexibility index (Phi) is 3.06. The highest BCUT2D eigenvalue weighted by atomic mass is 14.9. The molecule has 0 saturated heterocycles. The Morgan fingerprint density at radius 2 is 1.77 bits per heavy atom. The van der Waals surface area contributed by atoms with Gasteiger partial charge < -0.3 is 0 Å². The van der Waals surface area contributed by atoms with Crippen LogP contribution < -0.4 is 0 Å². The Labute approximate surface area is 78.4 Å². The number of rotatable bonds is 0. The van der Waals surface area contributed by atoms with Crippen LogP contribution in [0.2, 0.25) is 0 Å². The molecule has 1 heterocycles. The molecule has 0 unspecified atom stereocenters. The zero-order valence-electron chi connectivity index (χ0n) is 7.97. The molecule has 0 aromatic carbocycles. The summed E-state index contributed by atoms with van der Waals surface area (Å²) in [6.45, 7) is 5.45. The molecule has 13 heavy (non-hydrogen) atoms. The monoisotopic (exact) mass is 170 g/mol. The van der Waals surface area contributed by atoms with Crippen LogP contribution in [0.4, 0.5) is 0 Å². The zero-order valence-corrected chi connectivity index (χ0v) is 7.97. The molecule has 0 atom stereocenters. The first-order valence-electron chi connectivity index (χ1n) is 3.97. The van der Waals surface area contributed by atoms with E-state index in [1.807, 2.05) is 13.0 Å². The van der Waals surface area contributed by atoms with Gasteiger partial charge in [0, 0.05) is 5.69 Å². The molecule has 0 aliphatic rings. The van der Waals surface area contributed by atoms with Crippen molar-refractivity contribution in [3.8, 4) is 23.7 Å². The van der Waals surface area contributed by atoms with Gasteiger partial charge in [0.1, 0.15) is 5.69 Å². The quantitative estimate of drug-likeness (QED) is 0.552. The van der Waals surface area contributed by atoms with E-state index in [0.717, 1.165) is 11.4 Å². The van der Waals surface area contributed by atoms with E-state index >= 15 is 0 Å². The Hall–Kier alpha value is -1.80. The lowest BCUT2D eigenvalue weighted by Gasteiger charge is -1.94. The van der Waals surface area contributed by atoms with Crippen molar-refractivity contribution in [1.82, 2.24) is 9.97 Å². The maximum atomic E-state index is 4.15. The van der Waals surface area contributed by atoms with E-state index in [2.05, 4.69) is 33.6 Å². The molecule has 64 valence electrons. The van der Waals surface area contributed by atoms with Gasteiger partial charge in [0.05, 0.1) is 0 Å². The standard InChI is InChI=1S/C11H10N2/c1-4-6-10-8-9(3)12-11(13-10)7-5-2/h8H,1-3H3. The molecule has 2 nitrogen and oxygen atoms in total. The lowest BCUT2D eigenvalue weighted by atomic mass is 10.3. The van der Waals surface area contributed by atoms with Crippen LogP contribution in [0.25, 0.3) is 0 Å². The van der Waals surface area contributed by atoms with Gasteiger partial charge in [-0.1, -0.05) is 11.8 Å². The Bertz CT molecular complexity index is 387. The van der Waals surface area contributed by atoms with E-state index in [-0.39, 0.29) is 0 Å². The summed E-state index contributed by atoms with van der Waals surface area (Å²) in [6.07, 6.45) is 0. The average molecular weight is 170 g/mol. The number of hydrogen-bond donors (Lipinski definition) is 0. The summed E-state index contributed by atoms with van der Waals surface area (Å²) in [4.78, 5) is 8.31. The lowest BCUT2D eigenvalue weighted by Crippen LogP contribution is -1.94. The first-order valence-corrected chi connectivity index (χ1v) is 3.97. The van der Waals surface area contributed by atoms with Gasteiger partial charge in [-0.05, 0) is 38.7 Å². The Morgan fingerprint density at radius 3 is 2.38 bits per heavy atom. The maximum absolute atomic E-state index is 4.15. The van der Waals surface area contributed by atoms with Crippen molar-refractivity contribution in [1.29, 1.82) is 0 Å². The summed E-state index contributed by atoms with van der Waals surface area (Å²) in [5.74, 6) is 11.8. The van der Waals surface area contributed by atoms with Crippen LogP contribution in [0.3, 0.4) is 0 Å². The van der Waals surface area contributed by atoms with E-state index < -0.39 is 0 Å². The highest BCUT2D eigenvalue weighted by Crippen LogP contribution is 1.98. The Balaban J connectivity index is 3.21. The molecule has 0 aliphatic heterocycles. The van der Waals surface area contributed by atoms with E-state index in [0.29, 0.717) is 5.82 Å². The van der Waals surface area contributed by atoms with Crippen molar-refractivity contribution in [3.63, 3.8) is 0 Å². The molecule has 0 radical (unpaired) electrons. The molecular weight excluding hydrogens is 160 g/mol. The fraction of sp³-hybridized carbons (Fsp3) is 0.273. The molecule has 0 saturated carbocycles. The summed E-state index contributed by atoms with van der Waals surface area (Å²) in [6, 6.07) is 1.84. The zero-order chi connectivity index (χ0) is 9.68. The third kappa shape index (κ3) is 2.61. The predicted octanol–water partition coefficient (Wildman–Crippen LogP) is 1.53. The smallest absolute Gasteiger partial charge is 0.206 e.